The Labute approximate surface area is 116 Å². The van der Waals surface area contributed by atoms with Crippen LogP contribution in [0, 0.1) is 5.92 Å². The highest BCUT2D eigenvalue weighted by Crippen LogP contribution is 2.23. The van der Waals surface area contributed by atoms with E-state index in [1.54, 1.807) is 0 Å². The number of hydrogen-bond acceptors (Lipinski definition) is 3. The van der Waals surface area contributed by atoms with E-state index in [1.165, 1.54) is 17.7 Å². The lowest BCUT2D eigenvalue weighted by Crippen LogP contribution is -2.41. The third-order valence-corrected chi connectivity index (χ3v) is 3.92. The van der Waals surface area contributed by atoms with Gasteiger partial charge in [0.25, 0.3) is 0 Å². The number of aliphatic hydroxyl groups is 1. The summed E-state index contributed by atoms with van der Waals surface area (Å²) in [6.07, 6.45) is 1.92. The molecular weight excluding hydrogens is 236 g/mol. The molecule has 2 N–H and O–H groups in total. The summed E-state index contributed by atoms with van der Waals surface area (Å²) >= 11 is 0. The maximum absolute atomic E-state index is 9.77. The van der Waals surface area contributed by atoms with E-state index in [-0.39, 0.29) is 6.10 Å². The SMILES string of the molecule is CCCNCc1ccc(N2CCC(O)C(C)C2)cc1. The number of hydrogen-bond donors (Lipinski definition) is 2. The normalized spacial score (nSPS) is 23.6. The fraction of sp³-hybridized carbons (Fsp3) is 0.625. The summed E-state index contributed by atoms with van der Waals surface area (Å²) in [6.45, 7) is 8.24. The number of nitrogens with one attached hydrogen (secondary N) is 1. The molecule has 2 rings (SSSR count). The number of nitrogens with zero attached hydrogens (tertiary/aromatic N) is 1. The second kappa shape index (κ2) is 6.92. The molecule has 0 amide bonds. The van der Waals surface area contributed by atoms with Gasteiger partial charge in [-0.1, -0.05) is 26.0 Å². The van der Waals surface area contributed by atoms with Crippen LogP contribution in [0.2, 0.25) is 0 Å². The molecule has 1 aliphatic heterocycles. The van der Waals surface area contributed by atoms with Gasteiger partial charge in [-0.05, 0) is 43.0 Å². The van der Waals surface area contributed by atoms with Gasteiger partial charge in [0.15, 0.2) is 0 Å². The molecule has 0 aromatic heterocycles. The fourth-order valence-corrected chi connectivity index (χ4v) is 2.60. The zero-order valence-corrected chi connectivity index (χ0v) is 12.1. The molecule has 1 aromatic carbocycles. The summed E-state index contributed by atoms with van der Waals surface area (Å²) in [5.74, 6) is 0.361. The van der Waals surface area contributed by atoms with Crippen molar-refractivity contribution < 1.29 is 5.11 Å². The Kier molecular flexibility index (Phi) is 5.23. The van der Waals surface area contributed by atoms with E-state index in [0.29, 0.717) is 5.92 Å². The Balaban J connectivity index is 1.91. The van der Waals surface area contributed by atoms with Crippen molar-refractivity contribution in [1.29, 1.82) is 0 Å². The van der Waals surface area contributed by atoms with Crippen LogP contribution in [-0.4, -0.2) is 30.8 Å². The van der Waals surface area contributed by atoms with Gasteiger partial charge in [0.05, 0.1) is 6.10 Å². The summed E-state index contributed by atoms with van der Waals surface area (Å²) in [5.41, 5.74) is 2.61. The predicted octanol–water partition coefficient (Wildman–Crippen LogP) is 2.39. The van der Waals surface area contributed by atoms with Gasteiger partial charge >= 0.3 is 0 Å². The molecule has 1 heterocycles. The van der Waals surface area contributed by atoms with Crippen LogP contribution in [0.1, 0.15) is 32.3 Å². The van der Waals surface area contributed by atoms with Gasteiger partial charge in [0.1, 0.15) is 0 Å². The number of anilines is 1. The number of benzene rings is 1. The molecule has 0 spiro atoms. The molecule has 1 aromatic rings. The Bertz CT molecular complexity index is 377. The molecule has 0 bridgehead atoms. The molecule has 3 heteroatoms. The standard InChI is InChI=1S/C16H26N2O/c1-3-9-17-11-14-4-6-15(7-5-14)18-10-8-16(19)13(2)12-18/h4-7,13,16-17,19H,3,8-12H2,1-2H3. The van der Waals surface area contributed by atoms with Gasteiger partial charge in [0.2, 0.25) is 0 Å². The predicted molar refractivity (Wildman–Crippen MR) is 80.4 cm³/mol. The summed E-state index contributed by atoms with van der Waals surface area (Å²) < 4.78 is 0. The molecule has 1 fully saturated rings. The highest BCUT2D eigenvalue weighted by atomic mass is 16.3. The van der Waals surface area contributed by atoms with Crippen LogP contribution < -0.4 is 10.2 Å². The van der Waals surface area contributed by atoms with Crippen molar-refractivity contribution in [2.75, 3.05) is 24.5 Å². The van der Waals surface area contributed by atoms with Crippen molar-refractivity contribution in [2.24, 2.45) is 5.92 Å². The minimum absolute atomic E-state index is 0.131. The van der Waals surface area contributed by atoms with Crippen molar-refractivity contribution >= 4 is 5.69 Å². The topological polar surface area (TPSA) is 35.5 Å². The minimum atomic E-state index is -0.131. The van der Waals surface area contributed by atoms with E-state index in [9.17, 15) is 5.11 Å². The molecule has 0 aliphatic carbocycles. The maximum atomic E-state index is 9.77. The third kappa shape index (κ3) is 3.95. The third-order valence-electron chi connectivity index (χ3n) is 3.92. The lowest BCUT2D eigenvalue weighted by Gasteiger charge is -2.36. The lowest BCUT2D eigenvalue weighted by molar-refractivity contribution is 0.0971. The molecule has 3 nitrogen and oxygen atoms in total. The van der Waals surface area contributed by atoms with Gasteiger partial charge in [-0.3, -0.25) is 0 Å². The van der Waals surface area contributed by atoms with Gasteiger partial charge < -0.3 is 15.3 Å². The zero-order chi connectivity index (χ0) is 13.7. The van der Waals surface area contributed by atoms with E-state index in [4.69, 9.17) is 0 Å². The molecule has 19 heavy (non-hydrogen) atoms. The summed E-state index contributed by atoms with van der Waals surface area (Å²) in [5, 5.41) is 13.2. The Morgan fingerprint density at radius 1 is 1.32 bits per heavy atom. The molecular formula is C16H26N2O. The first kappa shape index (κ1) is 14.4. The molecule has 1 saturated heterocycles. The second-order valence-electron chi connectivity index (χ2n) is 5.62. The van der Waals surface area contributed by atoms with Crippen molar-refractivity contribution in [3.05, 3.63) is 29.8 Å². The first-order chi connectivity index (χ1) is 9.20. The highest BCUT2D eigenvalue weighted by molar-refractivity contribution is 5.48. The maximum Gasteiger partial charge on any atom is 0.0599 e. The van der Waals surface area contributed by atoms with Crippen molar-refractivity contribution in [2.45, 2.75) is 39.3 Å². The Morgan fingerprint density at radius 3 is 2.68 bits per heavy atom. The average Bonchev–Trinajstić information content (AvgIpc) is 2.43. The monoisotopic (exact) mass is 262 g/mol. The number of aliphatic hydroxyl groups excluding tert-OH is 1. The van der Waals surface area contributed by atoms with Crippen LogP contribution in [-0.2, 0) is 6.54 Å². The highest BCUT2D eigenvalue weighted by Gasteiger charge is 2.24. The van der Waals surface area contributed by atoms with Gasteiger partial charge in [-0.15, -0.1) is 0 Å². The Hall–Kier alpha value is -1.06. The van der Waals surface area contributed by atoms with Crippen LogP contribution >= 0.6 is 0 Å². The minimum Gasteiger partial charge on any atom is -0.393 e. The van der Waals surface area contributed by atoms with E-state index < -0.39 is 0 Å². The van der Waals surface area contributed by atoms with E-state index in [1.807, 2.05) is 0 Å². The smallest absolute Gasteiger partial charge is 0.0599 e. The summed E-state index contributed by atoms with van der Waals surface area (Å²) in [6, 6.07) is 8.81. The first-order valence-electron chi connectivity index (χ1n) is 7.43. The molecule has 1 aliphatic rings. The average molecular weight is 262 g/mol. The van der Waals surface area contributed by atoms with Gasteiger partial charge in [-0.25, -0.2) is 0 Å². The molecule has 0 saturated carbocycles. The summed E-state index contributed by atoms with van der Waals surface area (Å²) in [7, 11) is 0. The molecule has 2 unspecified atom stereocenters. The lowest BCUT2D eigenvalue weighted by atomic mass is 9.96. The van der Waals surface area contributed by atoms with Crippen molar-refractivity contribution in [3.8, 4) is 0 Å². The molecule has 2 atom stereocenters. The Morgan fingerprint density at radius 2 is 2.05 bits per heavy atom. The van der Waals surface area contributed by atoms with E-state index >= 15 is 0 Å². The quantitative estimate of drug-likeness (QED) is 0.800. The second-order valence-corrected chi connectivity index (χ2v) is 5.62. The van der Waals surface area contributed by atoms with E-state index in [2.05, 4.69) is 48.3 Å². The fourth-order valence-electron chi connectivity index (χ4n) is 2.60. The van der Waals surface area contributed by atoms with Crippen LogP contribution in [0.4, 0.5) is 5.69 Å². The van der Waals surface area contributed by atoms with Gasteiger partial charge in [-0.2, -0.15) is 0 Å². The summed E-state index contributed by atoms with van der Waals surface area (Å²) in [4.78, 5) is 2.38. The molecule has 106 valence electrons. The van der Waals surface area contributed by atoms with Crippen molar-refractivity contribution in [3.63, 3.8) is 0 Å². The van der Waals surface area contributed by atoms with Gasteiger partial charge in [0, 0.05) is 25.3 Å². The first-order valence-corrected chi connectivity index (χ1v) is 7.43. The van der Waals surface area contributed by atoms with Crippen LogP contribution in [0.3, 0.4) is 0 Å². The van der Waals surface area contributed by atoms with Crippen LogP contribution in [0.15, 0.2) is 24.3 Å². The van der Waals surface area contributed by atoms with Crippen LogP contribution in [0.5, 0.6) is 0 Å². The van der Waals surface area contributed by atoms with Crippen molar-refractivity contribution in [1.82, 2.24) is 5.32 Å². The van der Waals surface area contributed by atoms with Crippen LogP contribution in [0.25, 0.3) is 0 Å². The number of rotatable bonds is 5. The largest absolute Gasteiger partial charge is 0.393 e. The van der Waals surface area contributed by atoms with E-state index in [0.717, 1.165) is 32.6 Å². The molecule has 0 radical (unpaired) electrons. The number of piperidine rings is 1. The zero-order valence-electron chi connectivity index (χ0n) is 12.1.